The zero-order valence-corrected chi connectivity index (χ0v) is 19.3. The van der Waals surface area contributed by atoms with Gasteiger partial charge in [0.2, 0.25) is 0 Å². The summed E-state index contributed by atoms with van der Waals surface area (Å²) in [5.41, 5.74) is 0.560. The van der Waals surface area contributed by atoms with Gasteiger partial charge in [-0.1, -0.05) is 0 Å². The lowest BCUT2D eigenvalue weighted by Gasteiger charge is -2.36. The number of fused-ring (bicyclic) bond motifs is 1. The molecule has 0 N–H and O–H groups in total. The second-order valence-electron chi connectivity index (χ2n) is 8.76. The van der Waals surface area contributed by atoms with Crippen LogP contribution >= 0.6 is 0 Å². The number of rotatable bonds is 5. The summed E-state index contributed by atoms with van der Waals surface area (Å²) < 4.78 is 72.2. The molecule has 4 aromatic rings. The Morgan fingerprint density at radius 1 is 0.838 bits per heavy atom. The van der Waals surface area contributed by atoms with E-state index in [1.54, 1.807) is 6.07 Å². The van der Waals surface area contributed by atoms with Gasteiger partial charge in [-0.2, -0.15) is 13.2 Å². The SMILES string of the molecule is O=C(c1cc(F)cc(F)c1)c1ccc2c(c1)oc(=O)n2CN1CCN(c2ccc(C(F)(F)F)cc2)CC1. The van der Waals surface area contributed by atoms with Gasteiger partial charge >= 0.3 is 11.9 Å². The fraction of sp³-hybridized carbons (Fsp3) is 0.231. The first-order chi connectivity index (χ1) is 17.6. The largest absolute Gasteiger partial charge is 0.421 e. The van der Waals surface area contributed by atoms with Crippen molar-refractivity contribution in [2.75, 3.05) is 31.1 Å². The molecule has 1 saturated heterocycles. The van der Waals surface area contributed by atoms with E-state index in [9.17, 15) is 31.5 Å². The van der Waals surface area contributed by atoms with Gasteiger partial charge in [0.25, 0.3) is 0 Å². The van der Waals surface area contributed by atoms with Crippen LogP contribution in [-0.2, 0) is 12.8 Å². The van der Waals surface area contributed by atoms with E-state index in [0.29, 0.717) is 43.4 Å². The Morgan fingerprint density at radius 2 is 1.49 bits per heavy atom. The number of alkyl halides is 3. The van der Waals surface area contributed by atoms with Gasteiger partial charge in [-0.3, -0.25) is 14.3 Å². The van der Waals surface area contributed by atoms with Crippen LogP contribution in [0.25, 0.3) is 11.1 Å². The molecular formula is C26H20F5N3O3. The van der Waals surface area contributed by atoms with Crippen LogP contribution in [-0.4, -0.2) is 41.4 Å². The van der Waals surface area contributed by atoms with Gasteiger partial charge in [0.15, 0.2) is 11.4 Å². The van der Waals surface area contributed by atoms with Gasteiger partial charge in [0, 0.05) is 49.1 Å². The van der Waals surface area contributed by atoms with E-state index in [4.69, 9.17) is 4.42 Å². The predicted molar refractivity (Wildman–Crippen MR) is 125 cm³/mol. The van der Waals surface area contributed by atoms with Crippen molar-refractivity contribution in [3.8, 4) is 0 Å². The predicted octanol–water partition coefficient (Wildman–Crippen LogP) is 4.90. The summed E-state index contributed by atoms with van der Waals surface area (Å²) in [6, 6.07) is 11.9. The summed E-state index contributed by atoms with van der Waals surface area (Å²) in [5.74, 6) is -2.99. The van der Waals surface area contributed by atoms with Crippen LogP contribution in [0.15, 0.2) is 69.9 Å². The molecule has 11 heteroatoms. The van der Waals surface area contributed by atoms with Crippen molar-refractivity contribution < 1.29 is 31.2 Å². The van der Waals surface area contributed by atoms with Crippen molar-refractivity contribution in [3.63, 3.8) is 0 Å². The number of carbonyl (C=O) groups excluding carboxylic acids is 1. The first-order valence-corrected chi connectivity index (χ1v) is 11.4. The smallest absolute Gasteiger partial charge is 0.408 e. The lowest BCUT2D eigenvalue weighted by Crippen LogP contribution is -2.47. The number of nitrogens with zero attached hydrogens (tertiary/aromatic N) is 3. The first-order valence-electron chi connectivity index (χ1n) is 11.4. The summed E-state index contributed by atoms with van der Waals surface area (Å²) in [4.78, 5) is 29.2. The third kappa shape index (κ3) is 5.12. The number of piperazine rings is 1. The molecule has 6 nitrogen and oxygen atoms in total. The molecule has 1 aromatic heterocycles. The molecular weight excluding hydrogens is 497 g/mol. The molecule has 1 aliphatic heterocycles. The van der Waals surface area contributed by atoms with Crippen molar-refractivity contribution in [1.82, 2.24) is 9.47 Å². The van der Waals surface area contributed by atoms with Crippen molar-refractivity contribution in [1.29, 1.82) is 0 Å². The minimum Gasteiger partial charge on any atom is -0.408 e. The summed E-state index contributed by atoms with van der Waals surface area (Å²) in [7, 11) is 0. The maximum Gasteiger partial charge on any atom is 0.421 e. The fourth-order valence-corrected chi connectivity index (χ4v) is 4.40. The Labute approximate surface area is 207 Å². The number of benzene rings is 3. The molecule has 2 heterocycles. The monoisotopic (exact) mass is 517 g/mol. The van der Waals surface area contributed by atoms with Crippen LogP contribution < -0.4 is 10.7 Å². The van der Waals surface area contributed by atoms with E-state index in [1.165, 1.54) is 28.8 Å². The Hall–Kier alpha value is -3.99. The van der Waals surface area contributed by atoms with E-state index in [2.05, 4.69) is 0 Å². The molecule has 0 aliphatic carbocycles. The van der Waals surface area contributed by atoms with Crippen molar-refractivity contribution in [2.24, 2.45) is 0 Å². The Bertz CT molecular complexity index is 1500. The highest BCUT2D eigenvalue weighted by molar-refractivity contribution is 6.10. The summed E-state index contributed by atoms with van der Waals surface area (Å²) in [6.45, 7) is 2.44. The van der Waals surface area contributed by atoms with E-state index >= 15 is 0 Å². The number of oxazole rings is 1. The third-order valence-corrected chi connectivity index (χ3v) is 6.33. The summed E-state index contributed by atoms with van der Waals surface area (Å²) in [6.07, 6.45) is -4.39. The molecule has 0 spiro atoms. The average Bonchev–Trinajstić information content (AvgIpc) is 3.17. The van der Waals surface area contributed by atoms with E-state index in [-0.39, 0.29) is 23.4 Å². The fourth-order valence-electron chi connectivity index (χ4n) is 4.40. The number of hydrogen-bond acceptors (Lipinski definition) is 5. The molecule has 1 fully saturated rings. The quantitative estimate of drug-likeness (QED) is 0.279. The second-order valence-corrected chi connectivity index (χ2v) is 8.76. The lowest BCUT2D eigenvalue weighted by molar-refractivity contribution is -0.137. The van der Waals surface area contributed by atoms with Gasteiger partial charge in [0.05, 0.1) is 17.7 Å². The molecule has 0 saturated carbocycles. The molecule has 5 rings (SSSR count). The van der Waals surface area contributed by atoms with Crippen LogP contribution in [0.1, 0.15) is 21.5 Å². The molecule has 0 bridgehead atoms. The van der Waals surface area contributed by atoms with E-state index in [1.807, 2.05) is 9.80 Å². The number of carbonyl (C=O) groups is 1. The maximum atomic E-state index is 13.5. The third-order valence-electron chi connectivity index (χ3n) is 6.33. The highest BCUT2D eigenvalue weighted by Gasteiger charge is 2.30. The van der Waals surface area contributed by atoms with Gasteiger partial charge in [-0.15, -0.1) is 0 Å². The molecule has 1 aliphatic rings. The van der Waals surface area contributed by atoms with E-state index in [0.717, 1.165) is 24.3 Å². The van der Waals surface area contributed by atoms with Crippen molar-refractivity contribution in [3.05, 3.63) is 99.5 Å². The molecule has 3 aromatic carbocycles. The van der Waals surface area contributed by atoms with Crippen molar-refractivity contribution in [2.45, 2.75) is 12.8 Å². The maximum absolute atomic E-state index is 13.5. The van der Waals surface area contributed by atoms with Gasteiger partial charge < -0.3 is 9.32 Å². The first kappa shape index (κ1) is 24.7. The zero-order valence-electron chi connectivity index (χ0n) is 19.3. The van der Waals surface area contributed by atoms with Crippen LogP contribution in [0.5, 0.6) is 0 Å². The highest BCUT2D eigenvalue weighted by Crippen LogP contribution is 2.30. The minimum absolute atomic E-state index is 0.114. The number of halogens is 5. The highest BCUT2D eigenvalue weighted by atomic mass is 19.4. The number of aromatic nitrogens is 1. The zero-order chi connectivity index (χ0) is 26.3. The Kier molecular flexibility index (Phi) is 6.32. The number of hydrogen-bond donors (Lipinski definition) is 0. The molecule has 0 atom stereocenters. The molecule has 0 amide bonds. The van der Waals surface area contributed by atoms with Gasteiger partial charge in [0.1, 0.15) is 11.6 Å². The van der Waals surface area contributed by atoms with Crippen molar-refractivity contribution >= 4 is 22.6 Å². The number of anilines is 1. The average molecular weight is 517 g/mol. The molecule has 192 valence electrons. The Morgan fingerprint density at radius 3 is 2.11 bits per heavy atom. The minimum atomic E-state index is -4.39. The molecule has 0 radical (unpaired) electrons. The summed E-state index contributed by atoms with van der Waals surface area (Å²) in [5, 5.41) is 0. The topological polar surface area (TPSA) is 58.7 Å². The van der Waals surface area contributed by atoms with Gasteiger partial charge in [-0.25, -0.2) is 13.6 Å². The number of ketones is 1. The van der Waals surface area contributed by atoms with Crippen LogP contribution in [0.4, 0.5) is 27.6 Å². The van der Waals surface area contributed by atoms with Gasteiger partial charge in [-0.05, 0) is 54.6 Å². The van der Waals surface area contributed by atoms with Crippen LogP contribution in [0, 0.1) is 11.6 Å². The lowest BCUT2D eigenvalue weighted by atomic mass is 10.0. The molecule has 0 unspecified atom stereocenters. The summed E-state index contributed by atoms with van der Waals surface area (Å²) >= 11 is 0. The van der Waals surface area contributed by atoms with Crippen LogP contribution in [0.3, 0.4) is 0 Å². The normalized spacial score (nSPS) is 14.9. The van der Waals surface area contributed by atoms with Crippen LogP contribution in [0.2, 0.25) is 0 Å². The standard InChI is InChI=1S/C26H20F5N3O3/c27-19-11-17(12-20(28)14-19)24(35)16-1-6-22-23(13-16)37-25(36)34(22)15-32-7-9-33(10-8-32)21-4-2-18(3-5-21)26(29,30)31/h1-6,11-14H,7-10,15H2. The molecule has 37 heavy (non-hydrogen) atoms. The second kappa shape index (κ2) is 9.47. The van der Waals surface area contributed by atoms with E-state index < -0.39 is 34.9 Å². The Balaban J connectivity index is 1.28.